The third-order valence-electron chi connectivity index (χ3n) is 4.97. The van der Waals surface area contributed by atoms with Crippen LogP contribution >= 0.6 is 0 Å². The summed E-state index contributed by atoms with van der Waals surface area (Å²) in [7, 11) is 0. The number of nitrogens with zero attached hydrogens (tertiary/aromatic N) is 2. The Morgan fingerprint density at radius 2 is 2.00 bits per heavy atom. The number of hydrogen-bond acceptors (Lipinski definition) is 3. The first-order chi connectivity index (χ1) is 12.1. The summed E-state index contributed by atoms with van der Waals surface area (Å²) in [6.45, 7) is 4.33. The number of aromatic nitrogens is 2. The number of benzene rings is 1. The minimum absolute atomic E-state index is 0.146. The molecule has 0 aliphatic heterocycles. The van der Waals surface area contributed by atoms with E-state index in [0.29, 0.717) is 0 Å². The molecule has 0 spiro atoms. The Kier molecular flexibility index (Phi) is 5.51. The van der Waals surface area contributed by atoms with E-state index in [4.69, 9.17) is 4.98 Å². The van der Waals surface area contributed by atoms with Gasteiger partial charge in [-0.15, -0.1) is 0 Å². The van der Waals surface area contributed by atoms with Gasteiger partial charge in [0.1, 0.15) is 5.82 Å². The number of imidazole rings is 1. The minimum Gasteiger partial charge on any atom is -0.356 e. The number of rotatable bonds is 9. The van der Waals surface area contributed by atoms with E-state index in [1.165, 1.54) is 0 Å². The fourth-order valence-corrected chi connectivity index (χ4v) is 3.17. The molecule has 1 unspecified atom stereocenters. The van der Waals surface area contributed by atoms with E-state index < -0.39 is 0 Å². The second kappa shape index (κ2) is 7.81. The van der Waals surface area contributed by atoms with Crippen molar-refractivity contribution < 1.29 is 9.59 Å². The Balaban J connectivity index is 1.56. The monoisotopic (exact) mass is 341 g/mol. The second-order valence-corrected chi connectivity index (χ2v) is 7.05. The Bertz CT molecular complexity index is 761. The normalized spacial score (nSPS) is 15.3. The maximum Gasteiger partial charge on any atom is 0.223 e. The van der Waals surface area contributed by atoms with E-state index >= 15 is 0 Å². The summed E-state index contributed by atoms with van der Waals surface area (Å²) in [6, 6.07) is 7.79. The summed E-state index contributed by atoms with van der Waals surface area (Å²) in [4.78, 5) is 28.2. The van der Waals surface area contributed by atoms with Crippen molar-refractivity contribution in [3.05, 3.63) is 30.1 Å². The van der Waals surface area contributed by atoms with Gasteiger partial charge < -0.3 is 9.88 Å². The van der Waals surface area contributed by atoms with E-state index in [0.717, 1.165) is 61.9 Å². The zero-order chi connectivity index (χ0) is 17.8. The minimum atomic E-state index is -0.194. The highest BCUT2D eigenvalue weighted by molar-refractivity contribution is 5.84. The molecule has 1 aliphatic carbocycles. The second-order valence-electron chi connectivity index (χ2n) is 7.05. The van der Waals surface area contributed by atoms with Crippen LogP contribution in [0.2, 0.25) is 0 Å². The Morgan fingerprint density at radius 1 is 1.24 bits per heavy atom. The van der Waals surface area contributed by atoms with Gasteiger partial charge in [-0.25, -0.2) is 4.98 Å². The van der Waals surface area contributed by atoms with E-state index in [9.17, 15) is 9.59 Å². The van der Waals surface area contributed by atoms with Gasteiger partial charge in [-0.05, 0) is 51.7 Å². The predicted molar refractivity (Wildman–Crippen MR) is 98.4 cm³/mol. The van der Waals surface area contributed by atoms with Crippen molar-refractivity contribution in [2.45, 2.75) is 58.4 Å². The molecule has 2 aromatic rings. The number of unbranched alkanes of at least 4 members (excludes halogenated alkanes) is 2. The highest BCUT2D eigenvalue weighted by atomic mass is 16.2. The number of carbonyl (C=O) groups excluding carboxylic acids is 2. The molecule has 0 bridgehead atoms. The first-order valence-corrected chi connectivity index (χ1v) is 9.32. The van der Waals surface area contributed by atoms with E-state index in [1.54, 1.807) is 6.92 Å². The van der Waals surface area contributed by atoms with Crippen molar-refractivity contribution in [2.24, 2.45) is 5.92 Å². The number of Topliss-reactive ketones (excluding diaryl/α,β-unsaturated/α-hetero) is 1. The van der Waals surface area contributed by atoms with Gasteiger partial charge in [0.25, 0.3) is 0 Å². The Labute approximate surface area is 148 Å². The summed E-state index contributed by atoms with van der Waals surface area (Å²) in [6.07, 6.45) is 5.99. The van der Waals surface area contributed by atoms with Crippen LogP contribution in [0, 0.1) is 5.92 Å². The quantitative estimate of drug-likeness (QED) is 0.711. The molecular weight excluding hydrogens is 314 g/mol. The topological polar surface area (TPSA) is 64.0 Å². The summed E-state index contributed by atoms with van der Waals surface area (Å²) < 4.78 is 2.08. The van der Waals surface area contributed by atoms with Crippen molar-refractivity contribution in [1.82, 2.24) is 14.9 Å². The zero-order valence-corrected chi connectivity index (χ0v) is 15.1. The van der Waals surface area contributed by atoms with Gasteiger partial charge in [0.05, 0.1) is 17.1 Å². The first kappa shape index (κ1) is 17.6. The van der Waals surface area contributed by atoms with Gasteiger partial charge in [-0.1, -0.05) is 18.6 Å². The Morgan fingerprint density at radius 3 is 2.72 bits per heavy atom. The van der Waals surface area contributed by atoms with E-state index in [2.05, 4.69) is 9.88 Å². The number of ketones is 1. The summed E-state index contributed by atoms with van der Waals surface area (Å²) in [5.74, 6) is 1.63. The number of carbonyl (C=O) groups is 2. The standard InChI is InChI=1S/C20H27N3O2/c1-14(15(2)24)23-18-9-6-5-8-17(18)22-19(23)10-4-3-7-13-21-20(25)16-11-12-16/h5-6,8-9,14,16H,3-4,7,10-13H2,1-2H3,(H,21,25). The lowest BCUT2D eigenvalue weighted by Gasteiger charge is -2.15. The van der Waals surface area contributed by atoms with Crippen LogP contribution in [0.25, 0.3) is 11.0 Å². The van der Waals surface area contributed by atoms with Crippen LogP contribution in [0.1, 0.15) is 57.8 Å². The highest BCUT2D eigenvalue weighted by Crippen LogP contribution is 2.28. The van der Waals surface area contributed by atoms with Crippen LogP contribution in [0.15, 0.2) is 24.3 Å². The number of fused-ring (bicyclic) bond motifs is 1. The van der Waals surface area contributed by atoms with Crippen molar-refractivity contribution in [3.63, 3.8) is 0 Å². The molecule has 134 valence electrons. The predicted octanol–water partition coefficient (Wildman–Crippen LogP) is 3.43. The Hall–Kier alpha value is -2.17. The van der Waals surface area contributed by atoms with E-state index in [-0.39, 0.29) is 23.7 Å². The molecule has 5 heteroatoms. The van der Waals surface area contributed by atoms with Gasteiger partial charge in [0, 0.05) is 18.9 Å². The number of nitrogens with one attached hydrogen (secondary N) is 1. The van der Waals surface area contributed by atoms with Crippen LogP contribution in [0.3, 0.4) is 0 Å². The number of hydrogen-bond donors (Lipinski definition) is 1. The van der Waals surface area contributed by atoms with Gasteiger partial charge in [0.2, 0.25) is 5.91 Å². The van der Waals surface area contributed by atoms with Crippen LogP contribution in [0.5, 0.6) is 0 Å². The van der Waals surface area contributed by atoms with Gasteiger partial charge in [0.15, 0.2) is 5.78 Å². The largest absolute Gasteiger partial charge is 0.356 e. The summed E-state index contributed by atoms with van der Waals surface area (Å²) in [5.41, 5.74) is 1.97. The van der Waals surface area contributed by atoms with Crippen LogP contribution in [-0.4, -0.2) is 27.8 Å². The first-order valence-electron chi connectivity index (χ1n) is 9.32. The molecule has 3 rings (SSSR count). The fraction of sp³-hybridized carbons (Fsp3) is 0.550. The van der Waals surface area contributed by atoms with Gasteiger partial charge in [-0.3, -0.25) is 9.59 Å². The lowest BCUT2D eigenvalue weighted by molar-refractivity contribution is -0.122. The van der Waals surface area contributed by atoms with Crippen LogP contribution in [0.4, 0.5) is 0 Å². The molecule has 25 heavy (non-hydrogen) atoms. The molecular formula is C20H27N3O2. The third kappa shape index (κ3) is 4.27. The molecule has 1 aromatic heterocycles. The maximum atomic E-state index is 11.9. The molecule has 1 atom stereocenters. The summed E-state index contributed by atoms with van der Waals surface area (Å²) in [5, 5.41) is 3.00. The van der Waals surface area contributed by atoms with E-state index in [1.807, 2.05) is 31.2 Å². The third-order valence-corrected chi connectivity index (χ3v) is 4.97. The van der Waals surface area contributed by atoms with Crippen molar-refractivity contribution in [2.75, 3.05) is 6.54 Å². The SMILES string of the molecule is CC(=O)C(C)n1c(CCCCCNC(=O)C2CC2)nc2ccccc21. The molecule has 1 heterocycles. The number of aryl methyl sites for hydroxylation is 1. The molecule has 1 fully saturated rings. The fourth-order valence-electron chi connectivity index (χ4n) is 3.17. The lowest BCUT2D eigenvalue weighted by Crippen LogP contribution is -2.25. The molecule has 1 saturated carbocycles. The molecule has 1 amide bonds. The van der Waals surface area contributed by atoms with Crippen LogP contribution in [-0.2, 0) is 16.0 Å². The molecule has 1 aromatic carbocycles. The zero-order valence-electron chi connectivity index (χ0n) is 15.1. The average Bonchev–Trinajstić information content (AvgIpc) is 3.38. The lowest BCUT2D eigenvalue weighted by atomic mass is 10.1. The van der Waals surface area contributed by atoms with Gasteiger partial charge in [-0.2, -0.15) is 0 Å². The highest BCUT2D eigenvalue weighted by Gasteiger charge is 2.28. The van der Waals surface area contributed by atoms with Crippen molar-refractivity contribution in [1.29, 1.82) is 0 Å². The summed E-state index contributed by atoms with van der Waals surface area (Å²) >= 11 is 0. The number of para-hydroxylation sites is 2. The number of amides is 1. The van der Waals surface area contributed by atoms with Crippen molar-refractivity contribution in [3.8, 4) is 0 Å². The molecule has 0 saturated heterocycles. The molecule has 0 radical (unpaired) electrons. The van der Waals surface area contributed by atoms with Crippen molar-refractivity contribution >= 4 is 22.7 Å². The average molecular weight is 341 g/mol. The smallest absolute Gasteiger partial charge is 0.223 e. The molecule has 1 N–H and O–H groups in total. The van der Waals surface area contributed by atoms with Crippen LogP contribution < -0.4 is 5.32 Å². The molecule has 5 nitrogen and oxygen atoms in total. The molecule has 1 aliphatic rings. The van der Waals surface area contributed by atoms with Gasteiger partial charge >= 0.3 is 0 Å². The maximum absolute atomic E-state index is 11.9.